The third kappa shape index (κ3) is 5.28. The van der Waals surface area contributed by atoms with Crippen LogP contribution in [0.3, 0.4) is 0 Å². The zero-order valence-corrected chi connectivity index (χ0v) is 20.2. The Morgan fingerprint density at radius 3 is 2.52 bits per heavy atom. The Hall–Kier alpha value is -1.12. The molecule has 8 heteroatoms. The largest absolute Gasteiger partial charge is 0.339 e. The van der Waals surface area contributed by atoms with Gasteiger partial charge in [0.05, 0.1) is 10.8 Å². The predicted octanol–water partition coefficient (Wildman–Crippen LogP) is 4.31. The second-order valence-corrected chi connectivity index (χ2v) is 12.3. The molecule has 3 aliphatic rings. The van der Waals surface area contributed by atoms with E-state index in [0.29, 0.717) is 22.7 Å². The topological polar surface area (TPSA) is 70.6 Å². The summed E-state index contributed by atoms with van der Waals surface area (Å²) in [6.45, 7) is 0.874. The van der Waals surface area contributed by atoms with Gasteiger partial charge in [-0.25, -0.2) is 13.4 Å². The van der Waals surface area contributed by atoms with Crippen molar-refractivity contribution in [2.24, 2.45) is 5.92 Å². The highest BCUT2D eigenvalue weighted by Gasteiger charge is 2.35. The number of sulfonamides is 1. The molecule has 1 aliphatic heterocycles. The summed E-state index contributed by atoms with van der Waals surface area (Å²) in [4.78, 5) is 19.6. The van der Waals surface area contributed by atoms with E-state index in [4.69, 9.17) is 0 Å². The minimum Gasteiger partial charge on any atom is -0.339 e. The van der Waals surface area contributed by atoms with Crippen LogP contribution in [0.5, 0.6) is 0 Å². The van der Waals surface area contributed by atoms with E-state index in [2.05, 4.69) is 9.88 Å². The van der Waals surface area contributed by atoms with Gasteiger partial charge in [-0.05, 0) is 56.6 Å². The Balaban J connectivity index is 1.34. The molecule has 2 atom stereocenters. The smallest absolute Gasteiger partial charge is 0.244 e. The van der Waals surface area contributed by atoms with Gasteiger partial charge in [-0.3, -0.25) is 4.79 Å². The summed E-state index contributed by atoms with van der Waals surface area (Å²) in [5.41, 5.74) is 0. The first-order valence-electron chi connectivity index (χ1n) is 11.8. The molecular weight excluding hydrogens is 430 g/mol. The Morgan fingerprint density at radius 1 is 1.06 bits per heavy atom. The summed E-state index contributed by atoms with van der Waals surface area (Å²) >= 11 is 1.41. The van der Waals surface area contributed by atoms with Gasteiger partial charge in [-0.15, -0.1) is 0 Å². The Labute approximate surface area is 191 Å². The van der Waals surface area contributed by atoms with Crippen LogP contribution in [-0.2, 0) is 14.8 Å². The van der Waals surface area contributed by atoms with Crippen molar-refractivity contribution in [1.29, 1.82) is 0 Å². The second kappa shape index (κ2) is 10.2. The molecule has 1 amide bonds. The van der Waals surface area contributed by atoms with Crippen molar-refractivity contribution in [3.8, 4) is 0 Å². The van der Waals surface area contributed by atoms with Gasteiger partial charge in [-0.2, -0.15) is 4.31 Å². The lowest BCUT2D eigenvalue weighted by Gasteiger charge is -2.44. The number of hydrogen-bond donors (Lipinski definition) is 0. The molecule has 4 rings (SSSR count). The number of thioether (sulfide) groups is 1. The Kier molecular flexibility index (Phi) is 7.60. The Bertz CT molecular complexity index is 851. The van der Waals surface area contributed by atoms with Crippen molar-refractivity contribution in [3.63, 3.8) is 0 Å². The van der Waals surface area contributed by atoms with Crippen LogP contribution in [0.2, 0.25) is 0 Å². The molecular formula is C23H35N3O3S2. The van der Waals surface area contributed by atoms with E-state index in [0.717, 1.165) is 45.1 Å². The first-order valence-corrected chi connectivity index (χ1v) is 14.3. The number of amides is 1. The number of pyridine rings is 1. The van der Waals surface area contributed by atoms with Crippen molar-refractivity contribution in [2.45, 2.75) is 92.6 Å². The normalized spacial score (nSPS) is 25.4. The predicted molar refractivity (Wildman–Crippen MR) is 123 cm³/mol. The summed E-state index contributed by atoms with van der Waals surface area (Å²) in [6, 6.07) is 3.87. The molecule has 0 bridgehead atoms. The maximum Gasteiger partial charge on any atom is 0.244 e. The SMILES string of the molecule is CN(C1CCCCC1)S(=O)(=O)c1ccc(SCC(=O)N2CCCC3CCCCC32)nc1. The maximum absolute atomic E-state index is 13.0. The zero-order chi connectivity index (χ0) is 21.8. The first kappa shape index (κ1) is 23.1. The summed E-state index contributed by atoms with van der Waals surface area (Å²) in [5, 5.41) is 0.699. The number of nitrogens with zero attached hydrogens (tertiary/aromatic N) is 3. The zero-order valence-electron chi connectivity index (χ0n) is 18.5. The summed E-state index contributed by atoms with van der Waals surface area (Å²) in [6.07, 6.45) is 14.0. The standard InChI is InChI=1S/C23H35N3O3S2/c1-25(19-10-3-2-4-11-19)31(28,29)20-13-14-22(24-16-20)30-17-23(27)26-15-7-9-18-8-5-6-12-21(18)26/h13-14,16,18-19,21H,2-12,15,17H2,1H3. The van der Waals surface area contributed by atoms with E-state index in [1.165, 1.54) is 54.4 Å². The highest BCUT2D eigenvalue weighted by atomic mass is 32.2. The number of aromatic nitrogens is 1. The monoisotopic (exact) mass is 465 g/mol. The molecule has 6 nitrogen and oxygen atoms in total. The Morgan fingerprint density at radius 2 is 1.77 bits per heavy atom. The van der Waals surface area contributed by atoms with Crippen LogP contribution in [0, 0.1) is 5.92 Å². The van der Waals surface area contributed by atoms with E-state index < -0.39 is 10.0 Å². The third-order valence-electron chi connectivity index (χ3n) is 7.38. The number of piperidine rings is 1. The lowest BCUT2D eigenvalue weighted by atomic mass is 9.78. The van der Waals surface area contributed by atoms with Crippen molar-refractivity contribution >= 4 is 27.7 Å². The minimum absolute atomic E-state index is 0.0820. The lowest BCUT2D eigenvalue weighted by molar-refractivity contribution is -0.134. The van der Waals surface area contributed by atoms with Gasteiger partial charge in [0.1, 0.15) is 4.90 Å². The molecule has 0 N–H and O–H groups in total. The molecule has 2 unspecified atom stereocenters. The van der Waals surface area contributed by atoms with Crippen molar-refractivity contribution in [3.05, 3.63) is 18.3 Å². The van der Waals surface area contributed by atoms with Crippen LogP contribution >= 0.6 is 11.8 Å². The molecule has 2 saturated carbocycles. The van der Waals surface area contributed by atoms with Gasteiger partial charge in [-0.1, -0.05) is 43.9 Å². The number of fused-ring (bicyclic) bond motifs is 1. The van der Waals surface area contributed by atoms with Crippen LogP contribution in [-0.4, -0.2) is 59.9 Å². The quantitative estimate of drug-likeness (QED) is 0.586. The molecule has 31 heavy (non-hydrogen) atoms. The van der Waals surface area contributed by atoms with Gasteiger partial charge in [0.2, 0.25) is 15.9 Å². The van der Waals surface area contributed by atoms with Crippen molar-refractivity contribution in [1.82, 2.24) is 14.2 Å². The van der Waals surface area contributed by atoms with Crippen molar-refractivity contribution in [2.75, 3.05) is 19.3 Å². The van der Waals surface area contributed by atoms with Gasteiger partial charge in [0.25, 0.3) is 0 Å². The first-order chi connectivity index (χ1) is 15.0. The van der Waals surface area contributed by atoms with E-state index in [1.54, 1.807) is 19.2 Å². The van der Waals surface area contributed by atoms with E-state index in [9.17, 15) is 13.2 Å². The number of carbonyl (C=O) groups excluding carboxylic acids is 1. The average Bonchev–Trinajstić information content (AvgIpc) is 2.82. The highest BCUT2D eigenvalue weighted by Crippen LogP contribution is 2.35. The maximum atomic E-state index is 13.0. The van der Waals surface area contributed by atoms with Gasteiger partial charge in [0, 0.05) is 31.9 Å². The molecule has 1 saturated heterocycles. The van der Waals surface area contributed by atoms with Crippen LogP contribution in [0.25, 0.3) is 0 Å². The fourth-order valence-corrected chi connectivity index (χ4v) is 7.66. The summed E-state index contributed by atoms with van der Waals surface area (Å²) in [7, 11) is -1.85. The van der Waals surface area contributed by atoms with Crippen LogP contribution in [0.4, 0.5) is 0 Å². The van der Waals surface area contributed by atoms with E-state index in [-0.39, 0.29) is 16.8 Å². The van der Waals surface area contributed by atoms with Crippen LogP contribution in [0.15, 0.2) is 28.3 Å². The number of rotatable bonds is 6. The molecule has 0 radical (unpaired) electrons. The fourth-order valence-electron chi connectivity index (χ4n) is 5.56. The van der Waals surface area contributed by atoms with Gasteiger partial charge >= 0.3 is 0 Å². The molecule has 2 aliphatic carbocycles. The molecule has 0 spiro atoms. The summed E-state index contributed by atoms with van der Waals surface area (Å²) in [5.74, 6) is 1.24. The molecule has 172 valence electrons. The summed E-state index contributed by atoms with van der Waals surface area (Å²) < 4.78 is 27.5. The molecule has 1 aromatic rings. The molecule has 3 fully saturated rings. The lowest BCUT2D eigenvalue weighted by Crippen LogP contribution is -2.50. The highest BCUT2D eigenvalue weighted by molar-refractivity contribution is 7.99. The van der Waals surface area contributed by atoms with Gasteiger partial charge in [0.15, 0.2) is 0 Å². The van der Waals surface area contributed by atoms with Gasteiger partial charge < -0.3 is 4.90 Å². The molecule has 1 aromatic heterocycles. The third-order valence-corrected chi connectivity index (χ3v) is 10.2. The molecule has 0 aromatic carbocycles. The van der Waals surface area contributed by atoms with E-state index in [1.807, 2.05) is 0 Å². The number of hydrogen-bond acceptors (Lipinski definition) is 5. The van der Waals surface area contributed by atoms with Crippen LogP contribution in [0.1, 0.15) is 70.6 Å². The average molecular weight is 466 g/mol. The van der Waals surface area contributed by atoms with Crippen LogP contribution < -0.4 is 0 Å². The number of carbonyl (C=O) groups is 1. The number of likely N-dealkylation sites (tertiary alicyclic amines) is 1. The van der Waals surface area contributed by atoms with Crippen molar-refractivity contribution < 1.29 is 13.2 Å². The van der Waals surface area contributed by atoms with E-state index >= 15 is 0 Å². The second-order valence-electron chi connectivity index (χ2n) is 9.28. The molecule has 2 heterocycles. The minimum atomic E-state index is -3.53. The fraction of sp³-hybridized carbons (Fsp3) is 0.739.